The van der Waals surface area contributed by atoms with Crippen molar-refractivity contribution in [1.82, 2.24) is 5.32 Å². The monoisotopic (exact) mass is 382 g/mol. The average molecular weight is 382 g/mol. The minimum Gasteiger partial charge on any atom is -0.346 e. The molecule has 2 aromatic carbocycles. The first-order valence-corrected chi connectivity index (χ1v) is 8.85. The Kier molecular flexibility index (Phi) is 7.08. The molecule has 0 radical (unpaired) electrons. The SMILES string of the molecule is O=C(CSCc1ccc(C(=O)Nc2ccccc2)cc1)NCC(F)(F)F. The van der Waals surface area contributed by atoms with E-state index in [0.717, 1.165) is 5.56 Å². The van der Waals surface area contributed by atoms with Gasteiger partial charge in [-0.15, -0.1) is 11.8 Å². The molecule has 0 saturated carbocycles. The number of benzene rings is 2. The number of halogens is 3. The fourth-order valence-corrected chi connectivity index (χ4v) is 2.81. The van der Waals surface area contributed by atoms with Crippen molar-refractivity contribution in [1.29, 1.82) is 0 Å². The fraction of sp³-hybridized carbons (Fsp3) is 0.222. The van der Waals surface area contributed by atoms with Crippen LogP contribution in [0.15, 0.2) is 54.6 Å². The van der Waals surface area contributed by atoms with Crippen molar-refractivity contribution in [2.45, 2.75) is 11.9 Å². The molecule has 0 unspecified atom stereocenters. The van der Waals surface area contributed by atoms with Gasteiger partial charge >= 0.3 is 6.18 Å². The maximum atomic E-state index is 12.1. The number of nitrogens with one attached hydrogen (secondary N) is 2. The Morgan fingerprint density at radius 2 is 1.62 bits per heavy atom. The van der Waals surface area contributed by atoms with Gasteiger partial charge in [-0.25, -0.2) is 0 Å². The minimum atomic E-state index is -4.41. The number of amides is 2. The van der Waals surface area contributed by atoms with E-state index in [-0.39, 0.29) is 11.7 Å². The smallest absolute Gasteiger partial charge is 0.346 e. The molecule has 0 heterocycles. The third kappa shape index (κ3) is 7.18. The van der Waals surface area contributed by atoms with Crippen LogP contribution in [-0.2, 0) is 10.5 Å². The van der Waals surface area contributed by atoms with Gasteiger partial charge in [0.1, 0.15) is 6.54 Å². The second-order valence-electron chi connectivity index (χ2n) is 5.40. The zero-order valence-corrected chi connectivity index (χ0v) is 14.5. The zero-order valence-electron chi connectivity index (χ0n) is 13.7. The van der Waals surface area contributed by atoms with Crippen molar-refractivity contribution in [3.8, 4) is 0 Å². The first-order valence-electron chi connectivity index (χ1n) is 7.70. The number of hydrogen-bond donors (Lipinski definition) is 2. The molecule has 26 heavy (non-hydrogen) atoms. The molecular formula is C18H17F3N2O2S. The van der Waals surface area contributed by atoms with Gasteiger partial charge in [0, 0.05) is 17.0 Å². The zero-order chi connectivity index (χ0) is 19.0. The largest absolute Gasteiger partial charge is 0.405 e. The van der Waals surface area contributed by atoms with Gasteiger partial charge < -0.3 is 10.6 Å². The molecule has 0 aliphatic carbocycles. The first-order chi connectivity index (χ1) is 12.3. The first kappa shape index (κ1) is 19.8. The van der Waals surface area contributed by atoms with Crippen LogP contribution in [0, 0.1) is 0 Å². The molecular weight excluding hydrogens is 365 g/mol. The highest BCUT2D eigenvalue weighted by Gasteiger charge is 2.27. The van der Waals surface area contributed by atoms with Gasteiger partial charge in [-0.3, -0.25) is 9.59 Å². The lowest BCUT2D eigenvalue weighted by Gasteiger charge is -2.08. The standard InChI is InChI=1S/C18H17F3N2O2S/c19-18(20,21)12-22-16(24)11-26-10-13-6-8-14(9-7-13)17(25)23-15-4-2-1-3-5-15/h1-9H,10-12H2,(H,22,24)(H,23,25). The van der Waals surface area contributed by atoms with Gasteiger partial charge in [-0.2, -0.15) is 13.2 Å². The van der Waals surface area contributed by atoms with Gasteiger partial charge in [0.2, 0.25) is 5.91 Å². The van der Waals surface area contributed by atoms with Crippen LogP contribution in [0.3, 0.4) is 0 Å². The molecule has 8 heteroatoms. The highest BCUT2D eigenvalue weighted by atomic mass is 32.2. The van der Waals surface area contributed by atoms with E-state index in [1.165, 1.54) is 11.8 Å². The topological polar surface area (TPSA) is 58.2 Å². The number of rotatable bonds is 7. The van der Waals surface area contributed by atoms with E-state index in [2.05, 4.69) is 5.32 Å². The van der Waals surface area contributed by atoms with Crippen molar-refractivity contribution < 1.29 is 22.8 Å². The molecule has 2 aromatic rings. The highest BCUT2D eigenvalue weighted by molar-refractivity contribution is 7.99. The predicted molar refractivity (Wildman–Crippen MR) is 96.1 cm³/mol. The number of para-hydroxylation sites is 1. The molecule has 0 atom stereocenters. The normalized spacial score (nSPS) is 11.0. The molecule has 0 aromatic heterocycles. The van der Waals surface area contributed by atoms with E-state index in [0.29, 0.717) is 17.0 Å². The molecule has 0 spiro atoms. The molecule has 0 fully saturated rings. The summed E-state index contributed by atoms with van der Waals surface area (Å²) >= 11 is 1.20. The summed E-state index contributed by atoms with van der Waals surface area (Å²) in [6.45, 7) is -1.32. The molecule has 4 nitrogen and oxygen atoms in total. The third-order valence-corrected chi connectivity index (χ3v) is 4.24. The van der Waals surface area contributed by atoms with Crippen molar-refractivity contribution >= 4 is 29.3 Å². The summed E-state index contributed by atoms with van der Waals surface area (Å²) in [6, 6.07) is 15.9. The van der Waals surface area contributed by atoms with Crippen LogP contribution < -0.4 is 10.6 Å². The van der Waals surface area contributed by atoms with Crippen LogP contribution in [0.25, 0.3) is 0 Å². The maximum Gasteiger partial charge on any atom is 0.405 e. The van der Waals surface area contributed by atoms with Crippen LogP contribution >= 0.6 is 11.8 Å². The van der Waals surface area contributed by atoms with Gasteiger partial charge in [0.15, 0.2) is 0 Å². The highest BCUT2D eigenvalue weighted by Crippen LogP contribution is 2.15. The van der Waals surface area contributed by atoms with Crippen LogP contribution in [0.5, 0.6) is 0 Å². The number of anilines is 1. The molecule has 0 bridgehead atoms. The molecule has 138 valence electrons. The second-order valence-corrected chi connectivity index (χ2v) is 6.39. The van der Waals surface area contributed by atoms with Gasteiger partial charge in [0.05, 0.1) is 5.75 Å². The van der Waals surface area contributed by atoms with Gasteiger partial charge in [-0.1, -0.05) is 30.3 Å². The van der Waals surface area contributed by atoms with Crippen LogP contribution in [0.2, 0.25) is 0 Å². The molecule has 0 aliphatic rings. The van der Waals surface area contributed by atoms with Crippen molar-refractivity contribution in [3.05, 3.63) is 65.7 Å². The maximum absolute atomic E-state index is 12.1. The number of hydrogen-bond acceptors (Lipinski definition) is 3. The number of carbonyl (C=O) groups excluding carboxylic acids is 2. The second kappa shape index (κ2) is 9.28. The van der Waals surface area contributed by atoms with Crippen molar-refractivity contribution in [2.24, 2.45) is 0 Å². The fourth-order valence-electron chi connectivity index (χ4n) is 1.99. The molecule has 2 rings (SSSR count). The van der Waals surface area contributed by atoms with E-state index in [9.17, 15) is 22.8 Å². The summed E-state index contributed by atoms with van der Waals surface area (Å²) in [7, 11) is 0. The van der Waals surface area contributed by atoms with Gasteiger partial charge in [-0.05, 0) is 29.8 Å². The molecule has 2 N–H and O–H groups in total. The molecule has 0 aliphatic heterocycles. The number of alkyl halides is 3. The van der Waals surface area contributed by atoms with E-state index in [4.69, 9.17) is 0 Å². The van der Waals surface area contributed by atoms with Gasteiger partial charge in [0.25, 0.3) is 5.91 Å². The van der Waals surface area contributed by atoms with Crippen molar-refractivity contribution in [3.63, 3.8) is 0 Å². The third-order valence-electron chi connectivity index (χ3n) is 3.24. The Morgan fingerprint density at radius 1 is 0.962 bits per heavy atom. The average Bonchev–Trinajstić information content (AvgIpc) is 2.61. The summed E-state index contributed by atoms with van der Waals surface area (Å²) in [5.41, 5.74) is 2.06. The Balaban J connectivity index is 1.77. The summed E-state index contributed by atoms with van der Waals surface area (Å²) < 4.78 is 36.0. The quantitative estimate of drug-likeness (QED) is 0.765. The Bertz CT molecular complexity index is 734. The summed E-state index contributed by atoms with van der Waals surface area (Å²) in [5, 5.41) is 4.59. The lowest BCUT2D eigenvalue weighted by Crippen LogP contribution is -2.34. The Hall–Kier alpha value is -2.48. The summed E-state index contributed by atoms with van der Waals surface area (Å²) in [5.74, 6) is -0.500. The van der Waals surface area contributed by atoms with Crippen LogP contribution in [0.1, 0.15) is 15.9 Å². The van der Waals surface area contributed by atoms with Crippen LogP contribution in [-0.4, -0.2) is 30.3 Å². The minimum absolute atomic E-state index is 0.0632. The number of carbonyl (C=O) groups is 2. The van der Waals surface area contributed by atoms with E-state index in [1.54, 1.807) is 36.4 Å². The number of thioether (sulfide) groups is 1. The lowest BCUT2D eigenvalue weighted by molar-refractivity contribution is -0.136. The Labute approximate surface area is 153 Å². The van der Waals surface area contributed by atoms with Crippen LogP contribution in [0.4, 0.5) is 18.9 Å². The van der Waals surface area contributed by atoms with E-state index in [1.807, 2.05) is 23.5 Å². The van der Waals surface area contributed by atoms with E-state index < -0.39 is 18.6 Å². The summed E-state index contributed by atoms with van der Waals surface area (Å²) in [6.07, 6.45) is -4.41. The lowest BCUT2D eigenvalue weighted by atomic mass is 10.1. The Morgan fingerprint density at radius 3 is 2.23 bits per heavy atom. The predicted octanol–water partition coefficient (Wildman–Crippen LogP) is 3.85. The summed E-state index contributed by atoms with van der Waals surface area (Å²) in [4.78, 5) is 23.4. The van der Waals surface area contributed by atoms with E-state index >= 15 is 0 Å². The molecule has 0 saturated heterocycles. The molecule has 2 amide bonds. The van der Waals surface area contributed by atoms with Crippen molar-refractivity contribution in [2.75, 3.05) is 17.6 Å².